The molecule has 1 heterocycles. The van der Waals surface area contributed by atoms with E-state index in [0.717, 1.165) is 6.07 Å². The number of nitrogens with two attached hydrogens (primary N) is 1. The van der Waals surface area contributed by atoms with E-state index in [4.69, 9.17) is 5.73 Å². The van der Waals surface area contributed by atoms with Crippen molar-refractivity contribution < 1.29 is 13.6 Å². The Morgan fingerprint density at radius 1 is 1.12 bits per heavy atom. The summed E-state index contributed by atoms with van der Waals surface area (Å²) in [5, 5.41) is 5.83. The molecule has 1 aromatic heterocycles. The fourth-order valence-corrected chi connectivity index (χ4v) is 2.24. The Morgan fingerprint density at radius 2 is 1.88 bits per heavy atom. The van der Waals surface area contributed by atoms with Crippen LogP contribution < -0.4 is 16.4 Å². The SMILES string of the molecule is NC(=O)c1cnc(NCc2ccc(F)cc2F)nc1Nc1ccccc1. The van der Waals surface area contributed by atoms with Crippen molar-refractivity contribution in [2.45, 2.75) is 6.54 Å². The number of amides is 1. The van der Waals surface area contributed by atoms with Crippen LogP contribution in [0.2, 0.25) is 0 Å². The molecule has 3 rings (SSSR count). The molecule has 0 atom stereocenters. The van der Waals surface area contributed by atoms with Crippen molar-refractivity contribution >= 4 is 23.4 Å². The molecule has 0 aliphatic carbocycles. The number of carbonyl (C=O) groups excluding carboxylic acids is 1. The van der Waals surface area contributed by atoms with E-state index in [2.05, 4.69) is 20.6 Å². The van der Waals surface area contributed by atoms with Gasteiger partial charge in [0.15, 0.2) is 0 Å². The van der Waals surface area contributed by atoms with E-state index in [1.54, 1.807) is 12.1 Å². The van der Waals surface area contributed by atoms with Gasteiger partial charge in [0.05, 0.1) is 0 Å². The highest BCUT2D eigenvalue weighted by atomic mass is 19.1. The first kappa shape index (κ1) is 17.3. The second-order valence-corrected chi connectivity index (χ2v) is 5.40. The minimum Gasteiger partial charge on any atom is -0.365 e. The van der Waals surface area contributed by atoms with E-state index < -0.39 is 17.5 Å². The van der Waals surface area contributed by atoms with Crippen LogP contribution in [0.25, 0.3) is 0 Å². The van der Waals surface area contributed by atoms with Crippen molar-refractivity contribution in [2.24, 2.45) is 5.73 Å². The van der Waals surface area contributed by atoms with E-state index in [9.17, 15) is 13.6 Å². The van der Waals surface area contributed by atoms with Gasteiger partial charge >= 0.3 is 0 Å². The molecule has 0 radical (unpaired) electrons. The standard InChI is InChI=1S/C18H15F2N5O/c19-12-7-6-11(15(20)8-12)9-22-18-23-10-14(16(21)26)17(25-18)24-13-4-2-1-3-5-13/h1-8,10H,9H2,(H2,21,26)(H2,22,23,24,25). The molecule has 1 amide bonds. The summed E-state index contributed by atoms with van der Waals surface area (Å²) < 4.78 is 26.6. The molecule has 3 aromatic rings. The van der Waals surface area contributed by atoms with Gasteiger partial charge in [-0.25, -0.2) is 13.8 Å². The number of para-hydroxylation sites is 1. The van der Waals surface area contributed by atoms with Gasteiger partial charge in [-0.3, -0.25) is 4.79 Å². The minimum atomic E-state index is -0.681. The third-order valence-corrected chi connectivity index (χ3v) is 3.54. The molecule has 0 fully saturated rings. The van der Waals surface area contributed by atoms with Crippen LogP contribution in [0.1, 0.15) is 15.9 Å². The van der Waals surface area contributed by atoms with E-state index >= 15 is 0 Å². The zero-order chi connectivity index (χ0) is 18.5. The fraction of sp³-hybridized carbons (Fsp3) is 0.0556. The van der Waals surface area contributed by atoms with Crippen molar-refractivity contribution in [1.82, 2.24) is 9.97 Å². The fourth-order valence-electron chi connectivity index (χ4n) is 2.24. The molecule has 0 spiro atoms. The Morgan fingerprint density at radius 3 is 2.58 bits per heavy atom. The molecule has 4 N–H and O–H groups in total. The van der Waals surface area contributed by atoms with Gasteiger partial charge in [-0.15, -0.1) is 0 Å². The molecule has 0 aliphatic rings. The number of halogens is 2. The molecule has 0 bridgehead atoms. The van der Waals surface area contributed by atoms with Crippen LogP contribution in [0.15, 0.2) is 54.7 Å². The molecule has 0 saturated heterocycles. The van der Waals surface area contributed by atoms with Gasteiger partial charge in [0, 0.05) is 30.1 Å². The van der Waals surface area contributed by atoms with Crippen LogP contribution in [-0.4, -0.2) is 15.9 Å². The number of benzene rings is 2. The summed E-state index contributed by atoms with van der Waals surface area (Å²) in [6.45, 7) is 0.0484. The lowest BCUT2D eigenvalue weighted by Gasteiger charge is -2.11. The number of primary amides is 1. The first-order valence-electron chi connectivity index (χ1n) is 7.69. The molecule has 2 aromatic carbocycles. The highest BCUT2D eigenvalue weighted by Gasteiger charge is 2.13. The highest BCUT2D eigenvalue weighted by Crippen LogP contribution is 2.20. The van der Waals surface area contributed by atoms with E-state index in [1.807, 2.05) is 18.2 Å². The summed E-state index contributed by atoms with van der Waals surface area (Å²) in [4.78, 5) is 19.8. The average molecular weight is 355 g/mol. The van der Waals surface area contributed by atoms with Crippen LogP contribution in [-0.2, 0) is 6.54 Å². The van der Waals surface area contributed by atoms with Crippen molar-refractivity contribution in [3.8, 4) is 0 Å². The quantitative estimate of drug-likeness (QED) is 0.631. The predicted molar refractivity (Wildman–Crippen MR) is 94.0 cm³/mol. The van der Waals surface area contributed by atoms with Gasteiger partial charge < -0.3 is 16.4 Å². The number of hydrogen-bond donors (Lipinski definition) is 3. The highest BCUT2D eigenvalue weighted by molar-refractivity contribution is 5.98. The smallest absolute Gasteiger partial charge is 0.254 e. The van der Waals surface area contributed by atoms with Crippen LogP contribution in [0.3, 0.4) is 0 Å². The van der Waals surface area contributed by atoms with Gasteiger partial charge in [-0.05, 0) is 18.2 Å². The van der Waals surface area contributed by atoms with Crippen molar-refractivity contribution in [2.75, 3.05) is 10.6 Å². The van der Waals surface area contributed by atoms with Crippen molar-refractivity contribution in [3.05, 3.63) is 77.5 Å². The van der Waals surface area contributed by atoms with Crippen molar-refractivity contribution in [1.29, 1.82) is 0 Å². The third-order valence-electron chi connectivity index (χ3n) is 3.54. The zero-order valence-corrected chi connectivity index (χ0v) is 13.5. The number of aromatic nitrogens is 2. The zero-order valence-electron chi connectivity index (χ0n) is 13.5. The maximum absolute atomic E-state index is 13.7. The molecular weight excluding hydrogens is 340 g/mol. The van der Waals surface area contributed by atoms with E-state index in [0.29, 0.717) is 5.69 Å². The summed E-state index contributed by atoms with van der Waals surface area (Å²) in [6, 6.07) is 12.4. The number of carbonyl (C=O) groups is 1. The Bertz CT molecular complexity index is 934. The topological polar surface area (TPSA) is 92.9 Å². The number of nitrogens with one attached hydrogen (secondary N) is 2. The number of hydrogen-bond acceptors (Lipinski definition) is 5. The summed E-state index contributed by atoms with van der Waals surface area (Å²) in [5.74, 6) is -1.62. The lowest BCUT2D eigenvalue weighted by Crippen LogP contribution is -2.16. The number of rotatable bonds is 6. The lowest BCUT2D eigenvalue weighted by molar-refractivity contribution is 0.100. The van der Waals surface area contributed by atoms with Crippen LogP contribution in [0, 0.1) is 11.6 Å². The predicted octanol–water partition coefficient (Wildman–Crippen LogP) is 3.21. The molecule has 6 nitrogen and oxygen atoms in total. The van der Waals surface area contributed by atoms with Gasteiger partial charge in [-0.1, -0.05) is 24.3 Å². The second kappa shape index (κ2) is 7.56. The molecule has 8 heteroatoms. The largest absolute Gasteiger partial charge is 0.365 e. The monoisotopic (exact) mass is 355 g/mol. The van der Waals surface area contributed by atoms with Crippen LogP contribution >= 0.6 is 0 Å². The molecule has 0 unspecified atom stereocenters. The van der Waals surface area contributed by atoms with Gasteiger partial charge in [0.2, 0.25) is 5.95 Å². The first-order valence-corrected chi connectivity index (χ1v) is 7.69. The average Bonchev–Trinajstić information content (AvgIpc) is 2.62. The molecule has 132 valence electrons. The normalized spacial score (nSPS) is 10.4. The summed E-state index contributed by atoms with van der Waals surface area (Å²) >= 11 is 0. The Balaban J connectivity index is 1.81. The van der Waals surface area contributed by atoms with Crippen LogP contribution in [0.5, 0.6) is 0 Å². The molecule has 0 saturated carbocycles. The Hall–Kier alpha value is -3.55. The van der Waals surface area contributed by atoms with Gasteiger partial charge in [-0.2, -0.15) is 4.98 Å². The van der Waals surface area contributed by atoms with E-state index in [-0.39, 0.29) is 29.4 Å². The van der Waals surface area contributed by atoms with E-state index in [1.165, 1.54) is 18.3 Å². The number of nitrogens with zero attached hydrogens (tertiary/aromatic N) is 2. The second-order valence-electron chi connectivity index (χ2n) is 5.40. The van der Waals surface area contributed by atoms with Gasteiger partial charge in [0.1, 0.15) is 23.0 Å². The van der Waals surface area contributed by atoms with Gasteiger partial charge in [0.25, 0.3) is 5.91 Å². The summed E-state index contributed by atoms with van der Waals surface area (Å²) in [5.41, 5.74) is 6.44. The van der Waals surface area contributed by atoms with Crippen LogP contribution in [0.4, 0.5) is 26.2 Å². The third kappa shape index (κ3) is 4.10. The summed E-state index contributed by atoms with van der Waals surface area (Å²) in [7, 11) is 0. The molecular formula is C18H15F2N5O. The first-order chi connectivity index (χ1) is 12.5. The Labute approximate surface area is 148 Å². The Kier molecular flexibility index (Phi) is 5.02. The molecule has 26 heavy (non-hydrogen) atoms. The minimum absolute atomic E-state index is 0.0484. The number of anilines is 3. The summed E-state index contributed by atoms with van der Waals surface area (Å²) in [6.07, 6.45) is 1.28. The maximum Gasteiger partial charge on any atom is 0.254 e. The molecule has 0 aliphatic heterocycles. The lowest BCUT2D eigenvalue weighted by atomic mass is 10.2. The maximum atomic E-state index is 13.7. The van der Waals surface area contributed by atoms with Crippen molar-refractivity contribution in [3.63, 3.8) is 0 Å².